The van der Waals surface area contributed by atoms with E-state index in [1.54, 1.807) is 0 Å². The Morgan fingerprint density at radius 2 is 1.85 bits per heavy atom. The van der Waals surface area contributed by atoms with Gasteiger partial charge in [-0.3, -0.25) is 9.59 Å². The molecule has 0 radical (unpaired) electrons. The number of hydrogen-bond donors (Lipinski definition) is 1. The lowest BCUT2D eigenvalue weighted by molar-refractivity contribution is -0.129. The molecule has 0 saturated heterocycles. The number of ketones is 1. The predicted molar refractivity (Wildman–Crippen MR) is 50.2 cm³/mol. The summed E-state index contributed by atoms with van der Waals surface area (Å²) in [6, 6.07) is -0.225. The first-order valence-corrected chi connectivity index (χ1v) is 4.83. The summed E-state index contributed by atoms with van der Waals surface area (Å²) in [5, 5.41) is 2.73. The van der Waals surface area contributed by atoms with E-state index in [9.17, 15) is 9.59 Å². The van der Waals surface area contributed by atoms with Crippen LogP contribution in [0, 0.1) is 11.8 Å². The Hall–Kier alpha value is -0.860. The molecule has 1 aliphatic rings. The molecule has 1 rings (SSSR count). The number of carbonyl (C=O) groups is 2. The van der Waals surface area contributed by atoms with Gasteiger partial charge in [0.1, 0.15) is 0 Å². The molecular formula is C10H17NO2. The van der Waals surface area contributed by atoms with Gasteiger partial charge in [-0.05, 0) is 18.8 Å². The summed E-state index contributed by atoms with van der Waals surface area (Å²) in [6.45, 7) is 5.21. The van der Waals surface area contributed by atoms with E-state index in [-0.39, 0.29) is 23.7 Å². The first kappa shape index (κ1) is 10.2. The van der Waals surface area contributed by atoms with Gasteiger partial charge in [-0.1, -0.05) is 13.8 Å². The molecule has 3 nitrogen and oxygen atoms in total. The predicted octanol–water partition coefficient (Wildman–Crippen LogP) is 1.13. The van der Waals surface area contributed by atoms with E-state index in [0.29, 0.717) is 5.92 Å². The van der Waals surface area contributed by atoms with Crippen molar-refractivity contribution in [2.45, 2.75) is 39.7 Å². The van der Waals surface area contributed by atoms with Crippen LogP contribution in [-0.2, 0) is 9.59 Å². The molecule has 0 aromatic heterocycles. The van der Waals surface area contributed by atoms with E-state index in [2.05, 4.69) is 5.32 Å². The lowest BCUT2D eigenvalue weighted by Gasteiger charge is -2.17. The molecule has 13 heavy (non-hydrogen) atoms. The molecule has 74 valence electrons. The molecule has 1 aliphatic carbocycles. The maximum absolute atomic E-state index is 11.6. The van der Waals surface area contributed by atoms with Crippen LogP contribution in [0.1, 0.15) is 33.6 Å². The highest BCUT2D eigenvalue weighted by molar-refractivity contribution is 5.90. The van der Waals surface area contributed by atoms with Crippen LogP contribution in [0.15, 0.2) is 0 Å². The zero-order valence-corrected chi connectivity index (χ0v) is 8.46. The largest absolute Gasteiger partial charge is 0.346 e. The first-order chi connectivity index (χ1) is 6.02. The van der Waals surface area contributed by atoms with Crippen molar-refractivity contribution in [2.75, 3.05) is 0 Å². The van der Waals surface area contributed by atoms with Gasteiger partial charge in [0, 0.05) is 12.8 Å². The molecule has 0 aromatic carbocycles. The summed E-state index contributed by atoms with van der Waals surface area (Å²) in [5.41, 5.74) is 0. The molecule has 0 spiro atoms. The van der Waals surface area contributed by atoms with Crippen LogP contribution in [0.3, 0.4) is 0 Å². The van der Waals surface area contributed by atoms with E-state index in [4.69, 9.17) is 0 Å². The average Bonchev–Trinajstić information content (AvgIpc) is 2.80. The first-order valence-electron chi connectivity index (χ1n) is 4.83. The van der Waals surface area contributed by atoms with E-state index in [1.807, 2.05) is 13.8 Å². The molecule has 0 unspecified atom stereocenters. The van der Waals surface area contributed by atoms with Gasteiger partial charge in [-0.15, -0.1) is 0 Å². The van der Waals surface area contributed by atoms with Crippen molar-refractivity contribution in [1.29, 1.82) is 0 Å². The van der Waals surface area contributed by atoms with Crippen molar-refractivity contribution >= 4 is 11.7 Å². The van der Waals surface area contributed by atoms with Gasteiger partial charge in [0.05, 0.1) is 6.04 Å². The third-order valence-corrected chi connectivity index (χ3v) is 2.33. The molecule has 1 saturated carbocycles. The molecule has 3 heteroatoms. The second-order valence-electron chi connectivity index (χ2n) is 4.07. The van der Waals surface area contributed by atoms with Crippen LogP contribution in [0.4, 0.5) is 0 Å². The quantitative estimate of drug-likeness (QED) is 0.710. The Morgan fingerprint density at radius 1 is 1.31 bits per heavy atom. The highest BCUT2D eigenvalue weighted by Gasteiger charge is 2.37. The van der Waals surface area contributed by atoms with Gasteiger partial charge >= 0.3 is 0 Å². The molecule has 0 heterocycles. The number of nitrogens with one attached hydrogen (secondary N) is 1. The van der Waals surface area contributed by atoms with Gasteiger partial charge < -0.3 is 5.32 Å². The maximum atomic E-state index is 11.6. The van der Waals surface area contributed by atoms with Gasteiger partial charge in [-0.2, -0.15) is 0 Å². The van der Waals surface area contributed by atoms with Crippen LogP contribution >= 0.6 is 0 Å². The molecule has 0 aromatic rings. The van der Waals surface area contributed by atoms with Crippen molar-refractivity contribution in [3.8, 4) is 0 Å². The summed E-state index contributed by atoms with van der Waals surface area (Å²) in [7, 11) is 0. The number of carbonyl (C=O) groups excluding carboxylic acids is 2. The summed E-state index contributed by atoms with van der Waals surface area (Å²) >= 11 is 0. The zero-order valence-electron chi connectivity index (χ0n) is 8.46. The molecule has 0 bridgehead atoms. The van der Waals surface area contributed by atoms with Gasteiger partial charge in [-0.25, -0.2) is 0 Å². The molecule has 1 N–H and O–H groups in total. The monoisotopic (exact) mass is 183 g/mol. The van der Waals surface area contributed by atoms with Crippen LogP contribution in [0.2, 0.25) is 0 Å². The molecule has 0 aliphatic heterocycles. The fraction of sp³-hybridized carbons (Fsp3) is 0.800. The lowest BCUT2D eigenvalue weighted by atomic mass is 9.98. The van der Waals surface area contributed by atoms with E-state index in [1.165, 1.54) is 6.92 Å². The minimum atomic E-state index is -0.225. The second-order valence-corrected chi connectivity index (χ2v) is 4.07. The molecular weight excluding hydrogens is 166 g/mol. The highest BCUT2D eigenvalue weighted by Crippen LogP contribution is 2.33. The Kier molecular flexibility index (Phi) is 3.07. The number of hydrogen-bond acceptors (Lipinski definition) is 2. The van der Waals surface area contributed by atoms with Crippen molar-refractivity contribution in [3.63, 3.8) is 0 Å². The molecule has 1 fully saturated rings. The normalized spacial score (nSPS) is 18.5. The fourth-order valence-corrected chi connectivity index (χ4v) is 1.43. The summed E-state index contributed by atoms with van der Waals surface area (Å²) in [4.78, 5) is 22.5. The Balaban J connectivity index is 2.56. The molecule has 1 atom stereocenters. The van der Waals surface area contributed by atoms with E-state index in [0.717, 1.165) is 12.8 Å². The van der Waals surface area contributed by atoms with Crippen molar-refractivity contribution < 1.29 is 9.59 Å². The third kappa shape index (κ3) is 2.83. The van der Waals surface area contributed by atoms with E-state index >= 15 is 0 Å². The van der Waals surface area contributed by atoms with Crippen LogP contribution in [0.5, 0.6) is 0 Å². The van der Waals surface area contributed by atoms with Crippen LogP contribution < -0.4 is 5.32 Å². The standard InChI is InChI=1S/C10H17NO2/c1-6(2)10(13)9(8-4-5-8)11-7(3)12/h6,8-9H,4-5H2,1-3H3,(H,11,12)/t9-/m0/s1. The summed E-state index contributed by atoms with van der Waals surface area (Å²) in [6.07, 6.45) is 2.15. The van der Waals surface area contributed by atoms with E-state index < -0.39 is 0 Å². The minimum absolute atomic E-state index is 0.0115. The van der Waals surface area contributed by atoms with Gasteiger partial charge in [0.25, 0.3) is 0 Å². The Bertz CT molecular complexity index is 219. The fourth-order valence-electron chi connectivity index (χ4n) is 1.43. The SMILES string of the molecule is CC(=O)N[C@H](C(=O)C(C)C)C1CC1. The summed E-state index contributed by atoms with van der Waals surface area (Å²) in [5.74, 6) is 0.472. The second kappa shape index (κ2) is 3.90. The average molecular weight is 183 g/mol. The molecule has 1 amide bonds. The van der Waals surface area contributed by atoms with Gasteiger partial charge in [0.2, 0.25) is 5.91 Å². The number of rotatable bonds is 4. The maximum Gasteiger partial charge on any atom is 0.217 e. The van der Waals surface area contributed by atoms with Crippen LogP contribution in [-0.4, -0.2) is 17.7 Å². The van der Waals surface area contributed by atoms with Crippen molar-refractivity contribution in [3.05, 3.63) is 0 Å². The Morgan fingerprint density at radius 3 is 2.15 bits per heavy atom. The zero-order chi connectivity index (χ0) is 10.0. The number of Topliss-reactive ketones (excluding diaryl/α,β-unsaturated/α-hetero) is 1. The smallest absolute Gasteiger partial charge is 0.217 e. The number of amides is 1. The van der Waals surface area contributed by atoms with Gasteiger partial charge in [0.15, 0.2) is 5.78 Å². The Labute approximate surface area is 78.9 Å². The minimum Gasteiger partial charge on any atom is -0.346 e. The van der Waals surface area contributed by atoms with Crippen molar-refractivity contribution in [2.24, 2.45) is 11.8 Å². The topological polar surface area (TPSA) is 46.2 Å². The van der Waals surface area contributed by atoms with Crippen molar-refractivity contribution in [1.82, 2.24) is 5.32 Å². The summed E-state index contributed by atoms with van der Waals surface area (Å²) < 4.78 is 0. The third-order valence-electron chi connectivity index (χ3n) is 2.33. The highest BCUT2D eigenvalue weighted by atomic mass is 16.2. The lowest BCUT2D eigenvalue weighted by Crippen LogP contribution is -2.43. The van der Waals surface area contributed by atoms with Crippen LogP contribution in [0.25, 0.3) is 0 Å².